The summed E-state index contributed by atoms with van der Waals surface area (Å²) >= 11 is 0. The number of benzene rings is 4. The van der Waals surface area contributed by atoms with Gasteiger partial charge in [-0.15, -0.1) is 0 Å². The summed E-state index contributed by atoms with van der Waals surface area (Å²) in [7, 11) is 3.80. The largest absolute Gasteiger partial charge is 0.487 e. The van der Waals surface area contributed by atoms with Crippen molar-refractivity contribution in [3.05, 3.63) is 210 Å². The summed E-state index contributed by atoms with van der Waals surface area (Å²) in [4.78, 5) is 31.1. The van der Waals surface area contributed by atoms with Gasteiger partial charge in [0.1, 0.15) is 24.7 Å². The Hall–Kier alpha value is -7.13. The molecule has 9 heteroatoms. The highest BCUT2D eigenvalue weighted by atomic mass is 16.5. The van der Waals surface area contributed by atoms with Crippen LogP contribution in [0.4, 0.5) is 5.95 Å². The second-order valence-corrected chi connectivity index (χ2v) is 17.1. The summed E-state index contributed by atoms with van der Waals surface area (Å²) in [6.45, 7) is 14.4. The Morgan fingerprint density at radius 1 is 0.594 bits per heavy atom. The van der Waals surface area contributed by atoms with E-state index in [9.17, 15) is 4.79 Å². The van der Waals surface area contributed by atoms with Crippen molar-refractivity contribution in [1.29, 1.82) is 0 Å². The fourth-order valence-corrected chi connectivity index (χ4v) is 7.56. The number of aromatic nitrogens is 4. The number of hydrogen-bond acceptors (Lipinski definition) is 9. The lowest BCUT2D eigenvalue weighted by Gasteiger charge is -2.35. The first-order valence-electron chi connectivity index (χ1n) is 21.7. The van der Waals surface area contributed by atoms with Crippen molar-refractivity contribution in [2.75, 3.05) is 19.8 Å². The maximum absolute atomic E-state index is 12.4. The van der Waals surface area contributed by atoms with Gasteiger partial charge in [-0.05, 0) is 88.7 Å². The molecule has 2 N–H and O–H groups in total. The summed E-state index contributed by atoms with van der Waals surface area (Å²) in [5.41, 5.74) is 14.6. The molecule has 3 heterocycles. The predicted octanol–water partition coefficient (Wildman–Crippen LogP) is 11.5. The Kier molecular flexibility index (Phi) is 15.4. The molecule has 9 nitrogen and oxygen atoms in total. The van der Waals surface area contributed by atoms with E-state index in [1.807, 2.05) is 97.9 Å². The molecule has 0 spiro atoms. The Morgan fingerprint density at radius 2 is 1.03 bits per heavy atom. The van der Waals surface area contributed by atoms with Gasteiger partial charge in [0.15, 0.2) is 5.78 Å². The molecule has 0 fully saturated rings. The molecule has 2 unspecified atom stereocenters. The quantitative estimate of drug-likeness (QED) is 0.0749. The van der Waals surface area contributed by atoms with Crippen molar-refractivity contribution in [3.63, 3.8) is 0 Å². The van der Waals surface area contributed by atoms with E-state index in [0.717, 1.165) is 34.1 Å². The average molecular weight is 853 g/mol. The molecule has 0 saturated carbocycles. The van der Waals surface area contributed by atoms with Gasteiger partial charge in [0.2, 0.25) is 5.95 Å². The first kappa shape index (κ1) is 46.4. The third-order valence-electron chi connectivity index (χ3n) is 12.2. The number of carbonyl (C=O) groups is 1. The monoisotopic (exact) mass is 852 g/mol. The van der Waals surface area contributed by atoms with Crippen LogP contribution in [0.2, 0.25) is 0 Å². The molecule has 3 aromatic heterocycles. The van der Waals surface area contributed by atoms with E-state index in [-0.39, 0.29) is 22.6 Å². The Labute approximate surface area is 379 Å². The van der Waals surface area contributed by atoms with E-state index in [4.69, 9.17) is 15.2 Å². The van der Waals surface area contributed by atoms with Crippen LogP contribution in [0.25, 0.3) is 11.3 Å². The number of allylic oxidation sites excluding steroid dienone is 1. The van der Waals surface area contributed by atoms with Gasteiger partial charge in [0, 0.05) is 66.9 Å². The van der Waals surface area contributed by atoms with Crippen molar-refractivity contribution >= 4 is 11.7 Å². The number of ether oxygens (including phenoxy) is 2. The van der Waals surface area contributed by atoms with E-state index < -0.39 is 0 Å². The molecule has 2 atom stereocenters. The smallest absolute Gasteiger partial charge is 0.220 e. The minimum Gasteiger partial charge on any atom is -0.487 e. The molecule has 0 saturated heterocycles. The van der Waals surface area contributed by atoms with E-state index in [1.54, 1.807) is 30.9 Å². The van der Waals surface area contributed by atoms with Crippen LogP contribution in [-0.4, -0.2) is 44.7 Å². The minimum atomic E-state index is -0.194. The molecule has 64 heavy (non-hydrogen) atoms. The number of hydrogen-bond donors (Lipinski definition) is 1. The highest BCUT2D eigenvalue weighted by Gasteiger charge is 2.34. The number of ketones is 1. The topological polar surface area (TPSA) is 116 Å². The highest BCUT2D eigenvalue weighted by Crippen LogP contribution is 2.41. The maximum Gasteiger partial charge on any atom is 0.220 e. The van der Waals surface area contributed by atoms with Gasteiger partial charge in [-0.1, -0.05) is 126 Å². The number of nitrogens with two attached hydrogens (primary N) is 1. The van der Waals surface area contributed by atoms with Crippen LogP contribution in [0.5, 0.6) is 11.5 Å². The summed E-state index contributed by atoms with van der Waals surface area (Å²) in [5, 5.41) is 0. The fourth-order valence-electron chi connectivity index (χ4n) is 7.56. The van der Waals surface area contributed by atoms with Crippen molar-refractivity contribution < 1.29 is 14.3 Å². The first-order valence-corrected chi connectivity index (χ1v) is 21.7. The van der Waals surface area contributed by atoms with Gasteiger partial charge in [0.05, 0.1) is 17.1 Å². The number of anilines is 1. The molecular weight excluding hydrogens is 793 g/mol. The van der Waals surface area contributed by atoms with Gasteiger partial charge in [-0.25, -0.2) is 9.97 Å². The predicted molar refractivity (Wildman–Crippen MR) is 258 cm³/mol. The highest BCUT2D eigenvalue weighted by molar-refractivity contribution is 6.04. The van der Waals surface area contributed by atoms with Gasteiger partial charge in [0.25, 0.3) is 0 Å². The maximum atomic E-state index is 12.4. The summed E-state index contributed by atoms with van der Waals surface area (Å²) in [6, 6.07) is 46.7. The van der Waals surface area contributed by atoms with Gasteiger partial charge >= 0.3 is 0 Å². The molecule has 328 valence electrons. The zero-order chi connectivity index (χ0) is 45.7. The molecule has 0 aliphatic heterocycles. The third kappa shape index (κ3) is 11.5. The number of pyridine rings is 2. The normalized spacial score (nSPS) is 13.1. The zero-order valence-corrected chi connectivity index (χ0v) is 38.3. The second-order valence-electron chi connectivity index (χ2n) is 17.1. The number of nitrogens with zero attached hydrogens (tertiary/aromatic N) is 5. The average Bonchev–Trinajstić information content (AvgIpc) is 3.32. The van der Waals surface area contributed by atoms with Crippen LogP contribution >= 0.6 is 0 Å². The van der Waals surface area contributed by atoms with Crippen molar-refractivity contribution in [2.24, 2.45) is 11.8 Å². The van der Waals surface area contributed by atoms with Gasteiger partial charge in [-0.2, -0.15) is 0 Å². The molecule has 0 bridgehead atoms. The fraction of sp³-hybridized carbons (Fsp3) is 0.255. The van der Waals surface area contributed by atoms with Crippen LogP contribution in [-0.2, 0) is 24.0 Å². The number of rotatable bonds is 16. The van der Waals surface area contributed by atoms with Gasteiger partial charge in [-0.3, -0.25) is 14.8 Å². The molecule has 0 aliphatic carbocycles. The van der Waals surface area contributed by atoms with E-state index in [2.05, 4.69) is 122 Å². The van der Waals surface area contributed by atoms with E-state index >= 15 is 0 Å². The molecule has 7 aromatic rings. The molecule has 0 radical (unpaired) electrons. The van der Waals surface area contributed by atoms with E-state index in [1.165, 1.54) is 22.3 Å². The lowest BCUT2D eigenvalue weighted by molar-refractivity contribution is 0.104. The lowest BCUT2D eigenvalue weighted by atomic mass is 9.68. The first-order chi connectivity index (χ1) is 30.8. The molecular formula is C55H60N6O3. The molecule has 0 amide bonds. The van der Waals surface area contributed by atoms with Crippen LogP contribution in [0.3, 0.4) is 0 Å². The number of nitrogen functional groups attached to an aromatic ring is 1. The van der Waals surface area contributed by atoms with Gasteiger partial charge < -0.3 is 20.1 Å². The molecule has 4 aromatic carbocycles. The zero-order valence-electron chi connectivity index (χ0n) is 38.3. The minimum absolute atomic E-state index is 0.00547. The SMILES string of the molecule is CC(C)C(C)(c1ccc(OCc2ccccn2)cc1)c1ccc(-c2ccnc(N)n2)cc1.CC(C)C(C)(c1ccc(OCc2ccccn2)cc1)c1ccc(C(=O)/C=C/N(C)C)cc1. The van der Waals surface area contributed by atoms with E-state index in [0.29, 0.717) is 30.6 Å². The van der Waals surface area contributed by atoms with Crippen LogP contribution in [0.1, 0.15) is 85.5 Å². The standard InChI is InChI=1S/C28H32N2O2.C27H28N4O/c1-21(2)28(3,23-11-9-22(10-12-23)27(31)17-19-30(4)5)24-13-15-26(16-14-24)32-20-25-8-6-7-18-29-25;1-19(2)27(3,21-9-7-20(8-10-21)25-15-17-30-26(28)31-25)22-11-13-24(14-12-22)32-18-23-6-4-5-16-29-23/h6-19,21H,20H2,1-5H3;4-17,19H,18H2,1-3H3,(H2,28,30,31)/b19-17+;. The summed E-state index contributed by atoms with van der Waals surface area (Å²) in [6.07, 6.45) is 8.60. The molecule has 0 aliphatic rings. The van der Waals surface area contributed by atoms with Crippen LogP contribution in [0, 0.1) is 11.8 Å². The van der Waals surface area contributed by atoms with Crippen LogP contribution in [0.15, 0.2) is 170 Å². The number of carbonyl (C=O) groups excluding carboxylic acids is 1. The third-order valence-corrected chi connectivity index (χ3v) is 12.2. The van der Waals surface area contributed by atoms with Crippen molar-refractivity contribution in [1.82, 2.24) is 24.8 Å². The van der Waals surface area contributed by atoms with Crippen molar-refractivity contribution in [2.45, 2.75) is 65.6 Å². The van der Waals surface area contributed by atoms with Crippen LogP contribution < -0.4 is 15.2 Å². The Bertz CT molecular complexity index is 2560. The summed E-state index contributed by atoms with van der Waals surface area (Å²) < 4.78 is 11.8. The Morgan fingerprint density at radius 3 is 1.42 bits per heavy atom. The molecule has 7 rings (SSSR count). The Balaban J connectivity index is 0.000000213. The lowest BCUT2D eigenvalue weighted by Crippen LogP contribution is -2.30. The summed E-state index contributed by atoms with van der Waals surface area (Å²) in [5.74, 6) is 2.69. The van der Waals surface area contributed by atoms with Crippen molar-refractivity contribution in [3.8, 4) is 22.8 Å². The second kappa shape index (κ2) is 21.3.